The molecule has 0 aliphatic carbocycles. The van der Waals surface area contributed by atoms with Gasteiger partial charge in [0.2, 0.25) is 0 Å². The van der Waals surface area contributed by atoms with Crippen LogP contribution in [-0.4, -0.2) is 23.0 Å². The highest BCUT2D eigenvalue weighted by Gasteiger charge is 2.28. The van der Waals surface area contributed by atoms with E-state index in [1.807, 2.05) is 41.3 Å². The van der Waals surface area contributed by atoms with Gasteiger partial charge in [0.1, 0.15) is 0 Å². The Morgan fingerprint density at radius 1 is 1.21 bits per heavy atom. The molecule has 1 aromatic rings. The fourth-order valence-electron chi connectivity index (χ4n) is 2.67. The molecule has 1 N–H and O–H groups in total. The second-order valence-corrected chi connectivity index (χ2v) is 5.23. The molecular formula is C16H22N2O. The van der Waals surface area contributed by atoms with E-state index < -0.39 is 0 Å². The highest BCUT2D eigenvalue weighted by atomic mass is 16.2. The van der Waals surface area contributed by atoms with E-state index in [4.69, 9.17) is 0 Å². The topological polar surface area (TPSA) is 32.3 Å². The molecule has 0 spiro atoms. The van der Waals surface area contributed by atoms with Gasteiger partial charge in [-0.2, -0.15) is 0 Å². The molecule has 2 amide bonds. The van der Waals surface area contributed by atoms with Gasteiger partial charge in [0.25, 0.3) is 0 Å². The molecule has 0 radical (unpaired) electrons. The van der Waals surface area contributed by atoms with Crippen molar-refractivity contribution in [3.63, 3.8) is 0 Å². The van der Waals surface area contributed by atoms with Crippen LogP contribution in [-0.2, 0) is 0 Å². The summed E-state index contributed by atoms with van der Waals surface area (Å²) in [6.07, 6.45) is 7.05. The number of rotatable bonds is 2. The number of urea groups is 1. The zero-order valence-electron chi connectivity index (χ0n) is 11.7. The molecule has 19 heavy (non-hydrogen) atoms. The largest absolute Gasteiger partial charge is 0.321 e. The van der Waals surface area contributed by atoms with Crippen molar-refractivity contribution >= 4 is 12.1 Å². The lowest BCUT2D eigenvalue weighted by Gasteiger charge is -2.38. The number of nitrogens with zero attached hydrogens (tertiary/aromatic N) is 1. The Bertz CT molecular complexity index is 431. The summed E-state index contributed by atoms with van der Waals surface area (Å²) in [5.74, 6) is 0. The number of nitrogens with one attached hydrogen (secondary N) is 1. The normalized spacial score (nSPS) is 23.6. The molecule has 3 heteroatoms. The Kier molecular flexibility index (Phi) is 4.61. The predicted octanol–water partition coefficient (Wildman–Crippen LogP) is 3.63. The first-order valence-corrected chi connectivity index (χ1v) is 6.99. The maximum absolute atomic E-state index is 12.2. The van der Waals surface area contributed by atoms with Gasteiger partial charge in [-0.15, -0.1) is 0 Å². The Balaban J connectivity index is 1.92. The van der Waals surface area contributed by atoms with E-state index in [0.29, 0.717) is 12.1 Å². The molecule has 0 aromatic heterocycles. The van der Waals surface area contributed by atoms with Gasteiger partial charge >= 0.3 is 6.03 Å². The average Bonchev–Trinajstić information content (AvgIpc) is 2.40. The van der Waals surface area contributed by atoms with Crippen LogP contribution in [0.15, 0.2) is 36.5 Å². The molecule has 1 fully saturated rings. The first kappa shape index (κ1) is 13.7. The number of benzene rings is 1. The third-order valence-corrected chi connectivity index (χ3v) is 3.71. The maximum Gasteiger partial charge on any atom is 0.321 e. The van der Waals surface area contributed by atoms with Gasteiger partial charge in [0, 0.05) is 18.3 Å². The standard InChI is InChI=1S/C16H22N2O/c1-13-7-6-8-14(2)18(13)16(19)17-12-11-15-9-4-3-5-10-15/h3-5,9-14H,6-8H2,1-2H3,(H,17,19)/b12-11+. The lowest BCUT2D eigenvalue weighted by atomic mass is 9.98. The molecule has 1 aromatic carbocycles. The van der Waals surface area contributed by atoms with E-state index in [1.54, 1.807) is 6.20 Å². The molecule has 1 aliphatic rings. The molecule has 2 unspecified atom stereocenters. The van der Waals surface area contributed by atoms with Crippen molar-refractivity contribution < 1.29 is 4.79 Å². The summed E-state index contributed by atoms with van der Waals surface area (Å²) >= 11 is 0. The smallest absolute Gasteiger partial charge is 0.319 e. The Hall–Kier alpha value is -1.77. The summed E-state index contributed by atoms with van der Waals surface area (Å²) in [7, 11) is 0. The molecular weight excluding hydrogens is 236 g/mol. The number of likely N-dealkylation sites (tertiary alicyclic amines) is 1. The van der Waals surface area contributed by atoms with Crippen LogP contribution < -0.4 is 5.32 Å². The molecule has 102 valence electrons. The predicted molar refractivity (Wildman–Crippen MR) is 78.6 cm³/mol. The Morgan fingerprint density at radius 3 is 2.47 bits per heavy atom. The summed E-state index contributed by atoms with van der Waals surface area (Å²) in [6.45, 7) is 4.24. The number of carbonyl (C=O) groups is 1. The second kappa shape index (κ2) is 6.41. The Labute approximate surface area is 115 Å². The van der Waals surface area contributed by atoms with Crippen molar-refractivity contribution in [1.29, 1.82) is 0 Å². The summed E-state index contributed by atoms with van der Waals surface area (Å²) in [5.41, 5.74) is 1.09. The van der Waals surface area contributed by atoms with E-state index in [2.05, 4.69) is 19.2 Å². The zero-order chi connectivity index (χ0) is 13.7. The average molecular weight is 258 g/mol. The third kappa shape index (κ3) is 3.60. The van der Waals surface area contributed by atoms with E-state index in [0.717, 1.165) is 18.4 Å². The highest BCUT2D eigenvalue weighted by molar-refractivity contribution is 5.77. The van der Waals surface area contributed by atoms with Gasteiger partial charge < -0.3 is 10.2 Å². The number of hydrogen-bond acceptors (Lipinski definition) is 1. The molecule has 3 nitrogen and oxygen atoms in total. The van der Waals surface area contributed by atoms with Crippen LogP contribution in [0.25, 0.3) is 6.08 Å². The van der Waals surface area contributed by atoms with Gasteiger partial charge in [0.05, 0.1) is 0 Å². The fraction of sp³-hybridized carbons (Fsp3) is 0.438. The van der Waals surface area contributed by atoms with Crippen LogP contribution in [0, 0.1) is 0 Å². The van der Waals surface area contributed by atoms with Crippen molar-refractivity contribution in [2.45, 2.75) is 45.2 Å². The zero-order valence-corrected chi connectivity index (χ0v) is 11.7. The first-order chi connectivity index (χ1) is 9.18. The number of piperidine rings is 1. The summed E-state index contributed by atoms with van der Waals surface area (Å²) in [5, 5.41) is 2.87. The lowest BCUT2D eigenvalue weighted by Crippen LogP contribution is -2.50. The van der Waals surface area contributed by atoms with E-state index >= 15 is 0 Å². The monoisotopic (exact) mass is 258 g/mol. The second-order valence-electron chi connectivity index (χ2n) is 5.23. The fourth-order valence-corrected chi connectivity index (χ4v) is 2.67. The van der Waals surface area contributed by atoms with Gasteiger partial charge in [-0.1, -0.05) is 30.3 Å². The quantitative estimate of drug-likeness (QED) is 0.863. The minimum Gasteiger partial charge on any atom is -0.319 e. The van der Waals surface area contributed by atoms with Crippen LogP contribution in [0.4, 0.5) is 4.79 Å². The van der Waals surface area contributed by atoms with Crippen molar-refractivity contribution in [3.05, 3.63) is 42.1 Å². The van der Waals surface area contributed by atoms with E-state index in [-0.39, 0.29) is 6.03 Å². The van der Waals surface area contributed by atoms with Gasteiger partial charge in [-0.05, 0) is 44.7 Å². The maximum atomic E-state index is 12.2. The summed E-state index contributed by atoms with van der Waals surface area (Å²) < 4.78 is 0. The van der Waals surface area contributed by atoms with Crippen molar-refractivity contribution in [1.82, 2.24) is 10.2 Å². The summed E-state index contributed by atoms with van der Waals surface area (Å²) in [4.78, 5) is 14.1. The highest BCUT2D eigenvalue weighted by Crippen LogP contribution is 2.22. The van der Waals surface area contributed by atoms with E-state index in [9.17, 15) is 4.79 Å². The molecule has 1 saturated heterocycles. The number of amides is 2. The van der Waals surface area contributed by atoms with E-state index in [1.165, 1.54) is 6.42 Å². The van der Waals surface area contributed by atoms with Crippen LogP contribution in [0.2, 0.25) is 0 Å². The van der Waals surface area contributed by atoms with Crippen LogP contribution in [0.5, 0.6) is 0 Å². The first-order valence-electron chi connectivity index (χ1n) is 6.99. The van der Waals surface area contributed by atoms with Gasteiger partial charge in [0.15, 0.2) is 0 Å². The third-order valence-electron chi connectivity index (χ3n) is 3.71. The van der Waals surface area contributed by atoms with Crippen LogP contribution in [0.3, 0.4) is 0 Å². The molecule has 2 rings (SSSR count). The van der Waals surface area contributed by atoms with Gasteiger partial charge in [-0.25, -0.2) is 4.79 Å². The van der Waals surface area contributed by atoms with Crippen molar-refractivity contribution in [3.8, 4) is 0 Å². The van der Waals surface area contributed by atoms with Crippen molar-refractivity contribution in [2.75, 3.05) is 0 Å². The molecule has 0 saturated carbocycles. The summed E-state index contributed by atoms with van der Waals surface area (Å²) in [6, 6.07) is 10.6. The molecule has 0 bridgehead atoms. The number of hydrogen-bond donors (Lipinski definition) is 1. The van der Waals surface area contributed by atoms with Crippen LogP contribution in [0.1, 0.15) is 38.7 Å². The Morgan fingerprint density at radius 2 is 1.84 bits per heavy atom. The minimum atomic E-state index is 0.00637. The lowest BCUT2D eigenvalue weighted by molar-refractivity contribution is 0.126. The molecule has 1 aliphatic heterocycles. The van der Waals surface area contributed by atoms with Gasteiger partial charge in [-0.3, -0.25) is 0 Å². The number of carbonyl (C=O) groups excluding carboxylic acids is 1. The minimum absolute atomic E-state index is 0.00637. The van der Waals surface area contributed by atoms with Crippen molar-refractivity contribution in [2.24, 2.45) is 0 Å². The van der Waals surface area contributed by atoms with Crippen LogP contribution >= 0.6 is 0 Å². The molecule has 2 atom stereocenters. The SMILES string of the molecule is CC1CCCC(C)N1C(=O)N/C=C/c1ccccc1. The molecule has 1 heterocycles.